The standard InChI is InChI=1S/C15H16F4N2O2/c16-12-2-4-13(5-3-12)23-9-1-7-21-10-11(6-8-22)14(20-21)15(17,18)19/h2-5,10,22H,1,6-9H2. The summed E-state index contributed by atoms with van der Waals surface area (Å²) in [4.78, 5) is 0. The molecule has 0 atom stereocenters. The number of aliphatic hydroxyl groups excluding tert-OH is 1. The second-order valence-corrected chi connectivity index (χ2v) is 4.89. The number of hydrogen-bond donors (Lipinski definition) is 1. The zero-order chi connectivity index (χ0) is 16.9. The maximum atomic E-state index is 12.8. The number of aliphatic hydroxyl groups is 1. The zero-order valence-electron chi connectivity index (χ0n) is 12.2. The van der Waals surface area contributed by atoms with Crippen molar-refractivity contribution in [2.75, 3.05) is 13.2 Å². The number of hydrogen-bond acceptors (Lipinski definition) is 3. The first kappa shape index (κ1) is 17.3. The van der Waals surface area contributed by atoms with Gasteiger partial charge in [0.1, 0.15) is 11.6 Å². The lowest BCUT2D eigenvalue weighted by molar-refractivity contribution is -0.142. The molecule has 8 heteroatoms. The smallest absolute Gasteiger partial charge is 0.435 e. The Hall–Kier alpha value is -2.09. The Balaban J connectivity index is 1.89. The molecule has 1 aromatic heterocycles. The van der Waals surface area contributed by atoms with Crippen LogP contribution < -0.4 is 4.74 Å². The molecule has 0 saturated heterocycles. The highest BCUT2D eigenvalue weighted by molar-refractivity contribution is 5.22. The van der Waals surface area contributed by atoms with Crippen LogP contribution in [0.25, 0.3) is 0 Å². The first-order valence-electron chi connectivity index (χ1n) is 7.03. The maximum absolute atomic E-state index is 12.8. The van der Waals surface area contributed by atoms with Crippen molar-refractivity contribution in [2.45, 2.75) is 25.6 Å². The fourth-order valence-corrected chi connectivity index (χ4v) is 2.07. The topological polar surface area (TPSA) is 47.3 Å². The molecule has 4 nitrogen and oxygen atoms in total. The van der Waals surface area contributed by atoms with Crippen LogP contribution in [0.3, 0.4) is 0 Å². The summed E-state index contributed by atoms with van der Waals surface area (Å²) in [5.41, 5.74) is -0.995. The third-order valence-electron chi connectivity index (χ3n) is 3.10. The first-order valence-corrected chi connectivity index (χ1v) is 7.03. The molecule has 126 valence electrons. The molecule has 0 unspecified atom stereocenters. The second-order valence-electron chi connectivity index (χ2n) is 4.89. The number of aryl methyl sites for hydroxylation is 1. The lowest BCUT2D eigenvalue weighted by Crippen LogP contribution is -2.11. The molecular formula is C15H16F4N2O2. The van der Waals surface area contributed by atoms with E-state index in [-0.39, 0.29) is 37.6 Å². The molecule has 0 aliphatic carbocycles. The van der Waals surface area contributed by atoms with Gasteiger partial charge in [-0.1, -0.05) is 0 Å². The minimum Gasteiger partial charge on any atom is -0.494 e. The van der Waals surface area contributed by atoms with Crippen LogP contribution in [0, 0.1) is 5.82 Å². The molecule has 0 aliphatic rings. The van der Waals surface area contributed by atoms with Crippen molar-refractivity contribution in [2.24, 2.45) is 0 Å². The van der Waals surface area contributed by atoms with E-state index in [1.807, 2.05) is 0 Å². The minimum atomic E-state index is -4.54. The summed E-state index contributed by atoms with van der Waals surface area (Å²) in [6, 6.07) is 5.48. The van der Waals surface area contributed by atoms with Gasteiger partial charge in [0.2, 0.25) is 0 Å². The van der Waals surface area contributed by atoms with Gasteiger partial charge < -0.3 is 9.84 Å². The molecule has 1 N–H and O–H groups in total. The largest absolute Gasteiger partial charge is 0.494 e. The predicted octanol–water partition coefficient (Wildman–Crippen LogP) is 3.04. The Labute approximate surface area is 130 Å². The van der Waals surface area contributed by atoms with E-state index in [9.17, 15) is 17.6 Å². The van der Waals surface area contributed by atoms with E-state index in [1.165, 1.54) is 35.1 Å². The molecule has 1 heterocycles. The van der Waals surface area contributed by atoms with E-state index in [1.54, 1.807) is 0 Å². The number of alkyl halides is 3. The highest BCUT2D eigenvalue weighted by atomic mass is 19.4. The van der Waals surface area contributed by atoms with Crippen molar-refractivity contribution in [3.05, 3.63) is 47.5 Å². The normalized spacial score (nSPS) is 11.7. The van der Waals surface area contributed by atoms with E-state index >= 15 is 0 Å². The molecule has 0 saturated carbocycles. The summed E-state index contributed by atoms with van der Waals surface area (Å²) >= 11 is 0. The fourth-order valence-electron chi connectivity index (χ4n) is 2.07. The van der Waals surface area contributed by atoms with Gasteiger partial charge in [-0.15, -0.1) is 0 Å². The number of halogens is 4. The lowest BCUT2D eigenvalue weighted by atomic mass is 10.2. The monoisotopic (exact) mass is 332 g/mol. The first-order chi connectivity index (χ1) is 10.9. The van der Waals surface area contributed by atoms with E-state index in [4.69, 9.17) is 9.84 Å². The van der Waals surface area contributed by atoms with Crippen molar-refractivity contribution in [3.63, 3.8) is 0 Å². The quantitative estimate of drug-likeness (QED) is 0.626. The van der Waals surface area contributed by atoms with Gasteiger partial charge in [-0.2, -0.15) is 18.3 Å². The van der Waals surface area contributed by atoms with Gasteiger partial charge in [-0.25, -0.2) is 4.39 Å². The molecule has 1 aromatic carbocycles. The molecule has 0 bridgehead atoms. The molecule has 2 rings (SSSR count). The molecule has 0 amide bonds. The van der Waals surface area contributed by atoms with E-state index < -0.39 is 11.9 Å². The highest BCUT2D eigenvalue weighted by Crippen LogP contribution is 2.30. The van der Waals surface area contributed by atoms with E-state index in [0.717, 1.165) is 0 Å². The summed E-state index contributed by atoms with van der Waals surface area (Å²) in [7, 11) is 0. The van der Waals surface area contributed by atoms with Gasteiger partial charge in [-0.05, 0) is 30.7 Å². The highest BCUT2D eigenvalue weighted by Gasteiger charge is 2.36. The van der Waals surface area contributed by atoms with Crippen LogP contribution in [0.5, 0.6) is 5.75 Å². The summed E-state index contributed by atoms with van der Waals surface area (Å²) in [5.74, 6) is 0.119. The summed E-state index contributed by atoms with van der Waals surface area (Å²) in [6.07, 6.45) is -2.91. The van der Waals surface area contributed by atoms with Crippen molar-refractivity contribution < 1.29 is 27.4 Å². The fraction of sp³-hybridized carbons (Fsp3) is 0.400. The van der Waals surface area contributed by atoms with Gasteiger partial charge in [0.25, 0.3) is 0 Å². The molecule has 23 heavy (non-hydrogen) atoms. The third-order valence-corrected chi connectivity index (χ3v) is 3.10. The predicted molar refractivity (Wildman–Crippen MR) is 74.5 cm³/mol. The maximum Gasteiger partial charge on any atom is 0.435 e. The van der Waals surface area contributed by atoms with Crippen LogP contribution in [0.4, 0.5) is 17.6 Å². The molecule has 0 spiro atoms. The minimum absolute atomic E-state index is 0.0283. The van der Waals surface area contributed by atoms with Crippen LogP contribution in [-0.4, -0.2) is 28.1 Å². The number of aromatic nitrogens is 2. The van der Waals surface area contributed by atoms with E-state index in [2.05, 4.69) is 5.10 Å². The number of benzene rings is 1. The summed E-state index contributed by atoms with van der Waals surface area (Å²) < 4.78 is 57.7. The van der Waals surface area contributed by atoms with Crippen molar-refractivity contribution >= 4 is 0 Å². The Morgan fingerprint density at radius 2 is 1.87 bits per heavy atom. The molecule has 2 aromatic rings. The average molecular weight is 332 g/mol. The number of nitrogens with zero attached hydrogens (tertiary/aromatic N) is 2. The van der Waals surface area contributed by atoms with Gasteiger partial charge in [0, 0.05) is 31.3 Å². The van der Waals surface area contributed by atoms with Crippen molar-refractivity contribution in [1.82, 2.24) is 9.78 Å². The van der Waals surface area contributed by atoms with Crippen LogP contribution >= 0.6 is 0 Å². The number of rotatable bonds is 7. The Kier molecular flexibility index (Phi) is 5.59. The van der Waals surface area contributed by atoms with Gasteiger partial charge in [0.05, 0.1) is 6.61 Å². The lowest BCUT2D eigenvalue weighted by Gasteiger charge is -2.06. The van der Waals surface area contributed by atoms with Gasteiger partial charge in [-0.3, -0.25) is 4.68 Å². The second kappa shape index (κ2) is 7.45. The molecule has 0 radical (unpaired) electrons. The van der Waals surface area contributed by atoms with Crippen LogP contribution in [-0.2, 0) is 19.1 Å². The molecular weight excluding hydrogens is 316 g/mol. The van der Waals surface area contributed by atoms with Gasteiger partial charge in [0.15, 0.2) is 5.69 Å². The Morgan fingerprint density at radius 1 is 1.17 bits per heavy atom. The number of ether oxygens (including phenoxy) is 1. The van der Waals surface area contributed by atoms with Crippen LogP contribution in [0.15, 0.2) is 30.5 Å². The van der Waals surface area contributed by atoms with Crippen molar-refractivity contribution in [1.29, 1.82) is 0 Å². The van der Waals surface area contributed by atoms with Crippen LogP contribution in [0.1, 0.15) is 17.7 Å². The summed E-state index contributed by atoms with van der Waals surface area (Å²) in [5, 5.41) is 12.4. The van der Waals surface area contributed by atoms with Crippen molar-refractivity contribution in [3.8, 4) is 5.75 Å². The molecule has 0 fully saturated rings. The Bertz CT molecular complexity index is 623. The third kappa shape index (κ3) is 4.95. The van der Waals surface area contributed by atoms with E-state index in [0.29, 0.717) is 12.2 Å². The van der Waals surface area contributed by atoms with Crippen LogP contribution in [0.2, 0.25) is 0 Å². The SMILES string of the molecule is OCCc1cn(CCCOc2ccc(F)cc2)nc1C(F)(F)F. The molecule has 0 aliphatic heterocycles. The Morgan fingerprint density at radius 3 is 2.48 bits per heavy atom. The van der Waals surface area contributed by atoms with Gasteiger partial charge >= 0.3 is 6.18 Å². The zero-order valence-corrected chi connectivity index (χ0v) is 12.2. The summed E-state index contributed by atoms with van der Waals surface area (Å²) in [6.45, 7) is 0.139. The average Bonchev–Trinajstić information content (AvgIpc) is 2.89.